The molecule has 0 aliphatic carbocycles. The number of rotatable bonds is 4. The molecule has 0 heterocycles. The summed E-state index contributed by atoms with van der Waals surface area (Å²) in [6.07, 6.45) is 0. The molecule has 2 rings (SSSR count). The van der Waals surface area contributed by atoms with Crippen LogP contribution in [0.5, 0.6) is 0 Å². The van der Waals surface area contributed by atoms with Crippen LogP contribution < -0.4 is 5.32 Å². The van der Waals surface area contributed by atoms with E-state index in [4.69, 9.17) is 0 Å². The van der Waals surface area contributed by atoms with E-state index >= 15 is 0 Å². The lowest BCUT2D eigenvalue weighted by Crippen LogP contribution is -2.22. The lowest BCUT2D eigenvalue weighted by atomic mass is 9.96. The van der Waals surface area contributed by atoms with E-state index in [1.54, 1.807) is 0 Å². The van der Waals surface area contributed by atoms with E-state index in [0.29, 0.717) is 6.04 Å². The maximum atomic E-state index is 3.50. The standard InChI is InChI=1S/C18H23N/c1-13(2)19-12-16-7-5-6-8-18(16)17-10-14(3)9-15(4)11-17/h5-11,13,19H,12H2,1-4H3. The molecule has 0 aromatic heterocycles. The van der Waals surface area contributed by atoms with Gasteiger partial charge >= 0.3 is 0 Å². The molecule has 19 heavy (non-hydrogen) atoms. The van der Waals surface area contributed by atoms with Gasteiger partial charge in [-0.3, -0.25) is 0 Å². The van der Waals surface area contributed by atoms with E-state index in [-0.39, 0.29) is 0 Å². The van der Waals surface area contributed by atoms with Crippen molar-refractivity contribution >= 4 is 0 Å². The Kier molecular flexibility index (Phi) is 4.39. The molecule has 0 saturated carbocycles. The summed E-state index contributed by atoms with van der Waals surface area (Å²) in [5.74, 6) is 0. The maximum Gasteiger partial charge on any atom is 0.0214 e. The minimum absolute atomic E-state index is 0.507. The van der Waals surface area contributed by atoms with Gasteiger partial charge in [-0.15, -0.1) is 0 Å². The summed E-state index contributed by atoms with van der Waals surface area (Å²) in [7, 11) is 0. The second kappa shape index (κ2) is 6.03. The molecular formula is C18H23N. The summed E-state index contributed by atoms with van der Waals surface area (Å²) in [6, 6.07) is 15.9. The highest BCUT2D eigenvalue weighted by molar-refractivity contribution is 5.68. The molecule has 0 unspecified atom stereocenters. The van der Waals surface area contributed by atoms with Crippen LogP contribution >= 0.6 is 0 Å². The molecule has 100 valence electrons. The molecule has 2 aromatic carbocycles. The van der Waals surface area contributed by atoms with E-state index < -0.39 is 0 Å². The molecule has 1 nitrogen and oxygen atoms in total. The molecule has 0 bridgehead atoms. The predicted octanol–water partition coefficient (Wildman–Crippen LogP) is 4.47. The highest BCUT2D eigenvalue weighted by Gasteiger charge is 2.06. The van der Waals surface area contributed by atoms with E-state index in [2.05, 4.69) is 75.5 Å². The molecule has 1 heteroatoms. The molecule has 0 amide bonds. The summed E-state index contributed by atoms with van der Waals surface area (Å²) in [5.41, 5.74) is 6.66. The van der Waals surface area contributed by atoms with Gasteiger partial charge in [0.2, 0.25) is 0 Å². The van der Waals surface area contributed by atoms with E-state index in [9.17, 15) is 0 Å². The van der Waals surface area contributed by atoms with Crippen LogP contribution in [0.15, 0.2) is 42.5 Å². The van der Waals surface area contributed by atoms with E-state index in [1.807, 2.05) is 0 Å². The van der Waals surface area contributed by atoms with Crippen molar-refractivity contribution in [1.29, 1.82) is 0 Å². The Morgan fingerprint density at radius 2 is 1.58 bits per heavy atom. The highest BCUT2D eigenvalue weighted by atomic mass is 14.9. The highest BCUT2D eigenvalue weighted by Crippen LogP contribution is 2.25. The first kappa shape index (κ1) is 13.8. The van der Waals surface area contributed by atoms with Gasteiger partial charge in [0.05, 0.1) is 0 Å². The third-order valence-corrected chi connectivity index (χ3v) is 3.25. The normalized spacial score (nSPS) is 11.0. The van der Waals surface area contributed by atoms with Gasteiger partial charge in [0.25, 0.3) is 0 Å². The first-order valence-corrected chi connectivity index (χ1v) is 6.96. The van der Waals surface area contributed by atoms with Crippen molar-refractivity contribution in [2.24, 2.45) is 0 Å². The Bertz CT molecular complexity index is 535. The lowest BCUT2D eigenvalue weighted by molar-refractivity contribution is 0.589. The molecule has 1 N–H and O–H groups in total. The molecule has 2 aromatic rings. The average Bonchev–Trinajstić information content (AvgIpc) is 2.35. The zero-order valence-corrected chi connectivity index (χ0v) is 12.3. The van der Waals surface area contributed by atoms with Gasteiger partial charge in [0.15, 0.2) is 0 Å². The quantitative estimate of drug-likeness (QED) is 0.847. The maximum absolute atomic E-state index is 3.50. The van der Waals surface area contributed by atoms with Gasteiger partial charge in [0, 0.05) is 12.6 Å². The van der Waals surface area contributed by atoms with Gasteiger partial charge in [-0.25, -0.2) is 0 Å². The first-order valence-electron chi connectivity index (χ1n) is 6.96. The van der Waals surface area contributed by atoms with Gasteiger partial charge < -0.3 is 5.32 Å². The number of hydrogen-bond acceptors (Lipinski definition) is 1. The zero-order valence-electron chi connectivity index (χ0n) is 12.3. The molecule has 0 saturated heterocycles. The summed E-state index contributed by atoms with van der Waals surface area (Å²) in [4.78, 5) is 0. The average molecular weight is 253 g/mol. The fraction of sp³-hybridized carbons (Fsp3) is 0.333. The smallest absolute Gasteiger partial charge is 0.0214 e. The molecule has 0 aliphatic rings. The lowest BCUT2D eigenvalue weighted by Gasteiger charge is -2.14. The van der Waals surface area contributed by atoms with Crippen molar-refractivity contribution < 1.29 is 0 Å². The third kappa shape index (κ3) is 3.68. The van der Waals surface area contributed by atoms with Crippen molar-refractivity contribution in [2.75, 3.05) is 0 Å². The van der Waals surface area contributed by atoms with Gasteiger partial charge in [0.1, 0.15) is 0 Å². The van der Waals surface area contributed by atoms with Gasteiger partial charge in [-0.2, -0.15) is 0 Å². The molecular weight excluding hydrogens is 230 g/mol. The molecule has 0 radical (unpaired) electrons. The first-order chi connectivity index (χ1) is 9.06. The monoisotopic (exact) mass is 253 g/mol. The largest absolute Gasteiger partial charge is 0.310 e. The number of hydrogen-bond donors (Lipinski definition) is 1. The Balaban J connectivity index is 2.38. The van der Waals surface area contributed by atoms with Gasteiger partial charge in [-0.05, 0) is 30.5 Å². The minimum atomic E-state index is 0.507. The van der Waals surface area contributed by atoms with Crippen LogP contribution in [0.3, 0.4) is 0 Å². The van der Waals surface area contributed by atoms with Crippen molar-refractivity contribution in [3.63, 3.8) is 0 Å². The topological polar surface area (TPSA) is 12.0 Å². The summed E-state index contributed by atoms with van der Waals surface area (Å²) in [5, 5.41) is 3.50. The van der Waals surface area contributed by atoms with Crippen LogP contribution in [0.1, 0.15) is 30.5 Å². The van der Waals surface area contributed by atoms with E-state index in [1.165, 1.54) is 27.8 Å². The summed E-state index contributed by atoms with van der Waals surface area (Å²) in [6.45, 7) is 9.59. The molecule has 0 fully saturated rings. The molecule has 0 aliphatic heterocycles. The SMILES string of the molecule is Cc1cc(C)cc(-c2ccccc2CNC(C)C)c1. The van der Waals surface area contributed by atoms with Crippen LogP contribution in [-0.4, -0.2) is 6.04 Å². The van der Waals surface area contributed by atoms with Crippen molar-refractivity contribution in [3.05, 3.63) is 59.2 Å². The summed E-state index contributed by atoms with van der Waals surface area (Å²) < 4.78 is 0. The van der Waals surface area contributed by atoms with Crippen LogP contribution in [-0.2, 0) is 6.54 Å². The Labute approximate surface area is 116 Å². The van der Waals surface area contributed by atoms with Crippen LogP contribution in [0, 0.1) is 13.8 Å². The second-order valence-electron chi connectivity index (χ2n) is 5.57. The number of aryl methyl sites for hydroxylation is 2. The Morgan fingerprint density at radius 1 is 0.947 bits per heavy atom. The minimum Gasteiger partial charge on any atom is -0.310 e. The van der Waals surface area contributed by atoms with Crippen LogP contribution in [0.2, 0.25) is 0 Å². The Hall–Kier alpha value is -1.60. The van der Waals surface area contributed by atoms with Crippen molar-refractivity contribution in [2.45, 2.75) is 40.3 Å². The van der Waals surface area contributed by atoms with Crippen molar-refractivity contribution in [1.82, 2.24) is 5.32 Å². The van der Waals surface area contributed by atoms with Crippen LogP contribution in [0.4, 0.5) is 0 Å². The molecule has 0 spiro atoms. The number of nitrogens with one attached hydrogen (secondary N) is 1. The van der Waals surface area contributed by atoms with Crippen molar-refractivity contribution in [3.8, 4) is 11.1 Å². The fourth-order valence-electron chi connectivity index (χ4n) is 2.40. The predicted molar refractivity (Wildman–Crippen MR) is 83.3 cm³/mol. The Morgan fingerprint density at radius 3 is 2.21 bits per heavy atom. The fourth-order valence-corrected chi connectivity index (χ4v) is 2.40. The van der Waals surface area contributed by atoms with E-state index in [0.717, 1.165) is 6.54 Å². The summed E-state index contributed by atoms with van der Waals surface area (Å²) >= 11 is 0. The van der Waals surface area contributed by atoms with Crippen LogP contribution in [0.25, 0.3) is 11.1 Å². The molecule has 0 atom stereocenters. The second-order valence-corrected chi connectivity index (χ2v) is 5.57. The third-order valence-electron chi connectivity index (χ3n) is 3.25. The number of benzene rings is 2. The van der Waals surface area contributed by atoms with Gasteiger partial charge in [-0.1, -0.05) is 67.4 Å². The zero-order chi connectivity index (χ0) is 13.8.